The third-order valence-corrected chi connectivity index (χ3v) is 8.09. The molecule has 3 N–H and O–H groups in total. The molecule has 3 aromatic rings. The molecule has 1 fully saturated rings. The van der Waals surface area contributed by atoms with Crippen LogP contribution in [0.5, 0.6) is 0 Å². The second kappa shape index (κ2) is 16.1. The summed E-state index contributed by atoms with van der Waals surface area (Å²) in [4.78, 5) is 27.4. The standard InChI is InChI=1S/C31H34BrCl2N3O5/c32-24-18-22(17-23(29(24)35)20-37-11-15-40-16-12-37)31(39)42-14-5-1-4-13-41-28(38)19-21-7-2-3-10-27(21)36-30-25(33)8-6-9-26(30)34/h2-3,6-10,17-18,36H,1,4-5,11-16,19-20,35H2. The summed E-state index contributed by atoms with van der Waals surface area (Å²) in [5.41, 5.74) is 10.3. The highest BCUT2D eigenvalue weighted by molar-refractivity contribution is 9.10. The number of unbranched alkanes of at least 4 members (excludes halogenated alkanes) is 2. The predicted octanol–water partition coefficient (Wildman–Crippen LogP) is 7.03. The number of carbonyl (C=O) groups excluding carboxylic acids is 2. The van der Waals surface area contributed by atoms with Crippen LogP contribution in [0.4, 0.5) is 17.1 Å². The van der Waals surface area contributed by atoms with Crippen LogP contribution in [0.2, 0.25) is 10.0 Å². The molecule has 1 aliphatic rings. The van der Waals surface area contributed by atoms with Crippen molar-refractivity contribution in [3.8, 4) is 0 Å². The van der Waals surface area contributed by atoms with Gasteiger partial charge < -0.3 is 25.3 Å². The number of ether oxygens (including phenoxy) is 3. The van der Waals surface area contributed by atoms with Crippen LogP contribution in [0.3, 0.4) is 0 Å². The molecular weight excluding hydrogens is 645 g/mol. The van der Waals surface area contributed by atoms with Gasteiger partial charge in [-0.2, -0.15) is 0 Å². The highest BCUT2D eigenvalue weighted by atomic mass is 79.9. The van der Waals surface area contributed by atoms with Crippen LogP contribution < -0.4 is 11.1 Å². The summed E-state index contributed by atoms with van der Waals surface area (Å²) in [6.45, 7) is 4.23. The van der Waals surface area contributed by atoms with E-state index in [2.05, 4.69) is 26.1 Å². The van der Waals surface area contributed by atoms with E-state index in [0.717, 1.165) is 36.3 Å². The summed E-state index contributed by atoms with van der Waals surface area (Å²) in [6, 6.07) is 16.2. The van der Waals surface area contributed by atoms with Crippen LogP contribution in [0.1, 0.15) is 40.7 Å². The number of morpholine rings is 1. The highest BCUT2D eigenvalue weighted by Crippen LogP contribution is 2.34. The molecule has 0 spiro atoms. The van der Waals surface area contributed by atoms with Crippen LogP contribution in [-0.4, -0.2) is 56.4 Å². The fourth-order valence-corrected chi connectivity index (χ4v) is 5.49. The number of hydrogen-bond donors (Lipinski definition) is 2. The van der Waals surface area contributed by atoms with Gasteiger partial charge in [0.15, 0.2) is 0 Å². The van der Waals surface area contributed by atoms with Gasteiger partial charge in [-0.3, -0.25) is 9.69 Å². The lowest BCUT2D eigenvalue weighted by atomic mass is 10.1. The number of rotatable bonds is 13. The maximum atomic E-state index is 12.7. The molecule has 11 heteroatoms. The van der Waals surface area contributed by atoms with E-state index in [1.165, 1.54) is 0 Å². The number of halogens is 3. The number of benzene rings is 3. The lowest BCUT2D eigenvalue weighted by Crippen LogP contribution is -2.35. The zero-order valence-corrected chi connectivity index (χ0v) is 26.3. The summed E-state index contributed by atoms with van der Waals surface area (Å²) < 4.78 is 17.0. The predicted molar refractivity (Wildman–Crippen MR) is 170 cm³/mol. The van der Waals surface area contributed by atoms with Gasteiger partial charge in [-0.1, -0.05) is 47.5 Å². The average molecular weight is 679 g/mol. The van der Waals surface area contributed by atoms with E-state index >= 15 is 0 Å². The van der Waals surface area contributed by atoms with E-state index in [-0.39, 0.29) is 25.6 Å². The van der Waals surface area contributed by atoms with Gasteiger partial charge >= 0.3 is 11.9 Å². The molecule has 0 radical (unpaired) electrons. The molecule has 3 aromatic carbocycles. The lowest BCUT2D eigenvalue weighted by Gasteiger charge is -2.27. The Morgan fingerprint density at radius 2 is 1.62 bits per heavy atom. The maximum Gasteiger partial charge on any atom is 0.338 e. The van der Waals surface area contributed by atoms with Gasteiger partial charge in [0, 0.05) is 29.8 Å². The number of anilines is 3. The third-order valence-electron chi connectivity index (χ3n) is 6.81. The van der Waals surface area contributed by atoms with Gasteiger partial charge in [-0.15, -0.1) is 0 Å². The van der Waals surface area contributed by atoms with Crippen molar-refractivity contribution in [2.45, 2.75) is 32.2 Å². The highest BCUT2D eigenvalue weighted by Gasteiger charge is 2.17. The third kappa shape index (κ3) is 9.34. The number of nitrogen functional groups attached to an aromatic ring is 1. The minimum Gasteiger partial charge on any atom is -0.465 e. The van der Waals surface area contributed by atoms with Crippen molar-refractivity contribution in [1.82, 2.24) is 4.90 Å². The molecule has 0 atom stereocenters. The number of nitrogens with one attached hydrogen (secondary N) is 1. The van der Waals surface area contributed by atoms with Crippen LogP contribution in [-0.2, 0) is 32.0 Å². The number of carbonyl (C=O) groups is 2. The largest absolute Gasteiger partial charge is 0.465 e. The van der Waals surface area contributed by atoms with Crippen molar-refractivity contribution in [3.05, 3.63) is 85.8 Å². The van der Waals surface area contributed by atoms with Gasteiger partial charge in [-0.25, -0.2) is 4.79 Å². The number of esters is 2. The van der Waals surface area contributed by atoms with Crippen LogP contribution in [0, 0.1) is 0 Å². The zero-order valence-electron chi connectivity index (χ0n) is 23.2. The Hall–Kier alpha value is -2.82. The number of nitrogens with two attached hydrogens (primary N) is 1. The fraction of sp³-hybridized carbons (Fsp3) is 0.355. The molecule has 1 heterocycles. The summed E-state index contributed by atoms with van der Waals surface area (Å²) in [7, 11) is 0. The minimum absolute atomic E-state index is 0.105. The summed E-state index contributed by atoms with van der Waals surface area (Å²) in [6.07, 6.45) is 2.17. The Kier molecular flexibility index (Phi) is 12.3. The topological polar surface area (TPSA) is 103 Å². The molecule has 0 bridgehead atoms. The van der Waals surface area contributed by atoms with E-state index in [0.29, 0.717) is 64.1 Å². The second-order valence-electron chi connectivity index (χ2n) is 9.89. The molecule has 42 heavy (non-hydrogen) atoms. The SMILES string of the molecule is Nc1c(Br)cc(C(=O)OCCCCCOC(=O)Cc2ccccc2Nc2c(Cl)cccc2Cl)cc1CN1CCOCC1. The van der Waals surface area contributed by atoms with E-state index in [1.807, 2.05) is 24.3 Å². The first-order valence-electron chi connectivity index (χ1n) is 13.8. The summed E-state index contributed by atoms with van der Waals surface area (Å²) >= 11 is 16.0. The Labute approximate surface area is 264 Å². The number of para-hydroxylation sites is 2. The van der Waals surface area contributed by atoms with Crippen molar-refractivity contribution < 1.29 is 23.8 Å². The molecule has 224 valence electrons. The van der Waals surface area contributed by atoms with Crippen molar-refractivity contribution in [1.29, 1.82) is 0 Å². The monoisotopic (exact) mass is 677 g/mol. The molecule has 1 saturated heterocycles. The Morgan fingerprint density at radius 3 is 2.36 bits per heavy atom. The van der Waals surface area contributed by atoms with E-state index < -0.39 is 5.97 Å². The molecule has 4 rings (SSSR count). The normalized spacial score (nSPS) is 13.5. The van der Waals surface area contributed by atoms with Gasteiger partial charge in [0.2, 0.25) is 0 Å². The van der Waals surface area contributed by atoms with Crippen molar-refractivity contribution in [3.63, 3.8) is 0 Å². The lowest BCUT2D eigenvalue weighted by molar-refractivity contribution is -0.142. The van der Waals surface area contributed by atoms with Crippen molar-refractivity contribution >= 4 is 68.1 Å². The molecule has 0 aromatic heterocycles. The molecule has 0 saturated carbocycles. The number of hydrogen-bond acceptors (Lipinski definition) is 8. The van der Waals surface area contributed by atoms with Crippen LogP contribution in [0.25, 0.3) is 0 Å². The average Bonchev–Trinajstić information content (AvgIpc) is 2.98. The van der Waals surface area contributed by atoms with E-state index in [1.54, 1.807) is 30.3 Å². The smallest absolute Gasteiger partial charge is 0.338 e. The maximum absolute atomic E-state index is 12.7. The first-order chi connectivity index (χ1) is 20.3. The zero-order chi connectivity index (χ0) is 29.9. The first kappa shape index (κ1) is 32.1. The minimum atomic E-state index is -0.393. The molecule has 0 aliphatic carbocycles. The van der Waals surface area contributed by atoms with Crippen molar-refractivity contribution in [2.24, 2.45) is 0 Å². The van der Waals surface area contributed by atoms with Crippen molar-refractivity contribution in [2.75, 3.05) is 50.6 Å². The molecule has 0 amide bonds. The summed E-state index contributed by atoms with van der Waals surface area (Å²) in [5.74, 6) is -0.724. The van der Waals surface area contributed by atoms with E-state index in [9.17, 15) is 9.59 Å². The Bertz CT molecular complexity index is 1360. The molecule has 8 nitrogen and oxygen atoms in total. The number of nitrogens with zero attached hydrogens (tertiary/aromatic N) is 1. The van der Waals surface area contributed by atoms with Gasteiger partial charge in [0.25, 0.3) is 0 Å². The first-order valence-corrected chi connectivity index (χ1v) is 15.4. The Balaban J connectivity index is 1.16. The van der Waals surface area contributed by atoms with E-state index in [4.69, 9.17) is 43.1 Å². The quantitative estimate of drug-likeness (QED) is 0.113. The van der Waals surface area contributed by atoms with Gasteiger partial charge in [0.05, 0.1) is 59.8 Å². The second-order valence-corrected chi connectivity index (χ2v) is 11.6. The summed E-state index contributed by atoms with van der Waals surface area (Å²) in [5, 5.41) is 4.20. The molecule has 1 aliphatic heterocycles. The fourth-order valence-electron chi connectivity index (χ4n) is 4.49. The molecule has 0 unspecified atom stereocenters. The van der Waals surface area contributed by atoms with Crippen LogP contribution >= 0.6 is 39.1 Å². The van der Waals surface area contributed by atoms with Crippen LogP contribution in [0.15, 0.2) is 59.1 Å². The molecular formula is C31H34BrCl2N3O5. The van der Waals surface area contributed by atoms with Gasteiger partial charge in [-0.05, 0) is 76.7 Å². The Morgan fingerprint density at radius 1 is 0.929 bits per heavy atom. The van der Waals surface area contributed by atoms with Gasteiger partial charge in [0.1, 0.15) is 0 Å².